The summed E-state index contributed by atoms with van der Waals surface area (Å²) in [5.41, 5.74) is 3.69. The van der Waals surface area contributed by atoms with Gasteiger partial charge in [-0.15, -0.1) is 0 Å². The van der Waals surface area contributed by atoms with Crippen molar-refractivity contribution in [2.75, 3.05) is 5.32 Å². The van der Waals surface area contributed by atoms with Crippen molar-refractivity contribution in [3.63, 3.8) is 0 Å². The Labute approximate surface area is 160 Å². The van der Waals surface area contributed by atoms with E-state index in [4.69, 9.17) is 20.4 Å². The fourth-order valence-electron chi connectivity index (χ4n) is 2.58. The number of aryl methyl sites for hydroxylation is 1. The van der Waals surface area contributed by atoms with Gasteiger partial charge in [0, 0.05) is 22.3 Å². The molecular formula is C21H15ClN2O3. The first kappa shape index (κ1) is 17.1. The molecule has 0 fully saturated rings. The summed E-state index contributed by atoms with van der Waals surface area (Å²) < 4.78 is 11.0. The predicted molar refractivity (Wildman–Crippen MR) is 106 cm³/mol. The molecule has 4 aromatic rings. The van der Waals surface area contributed by atoms with Crippen LogP contribution in [0.1, 0.15) is 11.3 Å². The Kier molecular flexibility index (Phi) is 4.52. The van der Waals surface area contributed by atoms with Crippen molar-refractivity contribution in [1.82, 2.24) is 4.98 Å². The second kappa shape index (κ2) is 7.13. The summed E-state index contributed by atoms with van der Waals surface area (Å²) in [5.74, 6) is 0.825. The van der Waals surface area contributed by atoms with Crippen LogP contribution in [0.25, 0.3) is 28.6 Å². The van der Waals surface area contributed by atoms with Gasteiger partial charge in [-0.3, -0.25) is 4.79 Å². The van der Waals surface area contributed by atoms with Crippen LogP contribution in [0.2, 0.25) is 5.02 Å². The van der Waals surface area contributed by atoms with E-state index in [1.807, 2.05) is 25.1 Å². The topological polar surface area (TPSA) is 68.3 Å². The van der Waals surface area contributed by atoms with Gasteiger partial charge in [0.2, 0.25) is 11.8 Å². The van der Waals surface area contributed by atoms with Gasteiger partial charge in [-0.2, -0.15) is 0 Å². The summed E-state index contributed by atoms with van der Waals surface area (Å²) in [6.45, 7) is 1.94. The number of fused-ring (bicyclic) bond motifs is 1. The van der Waals surface area contributed by atoms with Crippen molar-refractivity contribution in [2.24, 2.45) is 0 Å². The number of benzene rings is 2. The van der Waals surface area contributed by atoms with Crippen LogP contribution in [0.15, 0.2) is 69.7 Å². The molecule has 0 bridgehead atoms. The molecule has 4 rings (SSSR count). The molecule has 2 heterocycles. The largest absolute Gasteiger partial charge is 0.465 e. The first-order chi connectivity index (χ1) is 13.1. The molecule has 0 atom stereocenters. The Balaban J connectivity index is 1.55. The van der Waals surface area contributed by atoms with E-state index < -0.39 is 0 Å². The summed E-state index contributed by atoms with van der Waals surface area (Å²) in [6.07, 6.45) is 4.56. The van der Waals surface area contributed by atoms with Gasteiger partial charge in [-0.25, -0.2) is 4.98 Å². The van der Waals surface area contributed by atoms with Crippen LogP contribution in [-0.2, 0) is 4.79 Å². The number of carbonyl (C=O) groups excluding carboxylic acids is 1. The van der Waals surface area contributed by atoms with Gasteiger partial charge in [0.25, 0.3) is 0 Å². The Morgan fingerprint density at radius 1 is 1.19 bits per heavy atom. The number of hydrogen-bond acceptors (Lipinski definition) is 4. The fourth-order valence-corrected chi connectivity index (χ4v) is 2.76. The molecule has 5 nitrogen and oxygen atoms in total. The molecule has 2 aromatic carbocycles. The summed E-state index contributed by atoms with van der Waals surface area (Å²) in [7, 11) is 0. The van der Waals surface area contributed by atoms with Crippen LogP contribution in [0.3, 0.4) is 0 Å². The number of rotatable bonds is 4. The number of carbonyl (C=O) groups is 1. The summed E-state index contributed by atoms with van der Waals surface area (Å²) in [4.78, 5) is 16.5. The van der Waals surface area contributed by atoms with E-state index in [0.29, 0.717) is 33.5 Å². The molecule has 0 aliphatic heterocycles. The van der Waals surface area contributed by atoms with Gasteiger partial charge in [0.15, 0.2) is 5.58 Å². The molecule has 0 saturated carbocycles. The molecule has 134 valence electrons. The molecule has 6 heteroatoms. The van der Waals surface area contributed by atoms with Gasteiger partial charge < -0.3 is 14.2 Å². The van der Waals surface area contributed by atoms with Crippen LogP contribution >= 0.6 is 11.6 Å². The molecule has 27 heavy (non-hydrogen) atoms. The number of aromatic nitrogens is 1. The van der Waals surface area contributed by atoms with Crippen LogP contribution in [0.5, 0.6) is 0 Å². The number of amides is 1. The molecule has 0 unspecified atom stereocenters. The minimum atomic E-state index is -0.264. The van der Waals surface area contributed by atoms with Crippen LogP contribution in [0, 0.1) is 6.92 Å². The monoisotopic (exact) mass is 378 g/mol. The average Bonchev–Trinajstić information content (AvgIpc) is 3.31. The molecular weight excluding hydrogens is 364 g/mol. The highest BCUT2D eigenvalue weighted by Crippen LogP contribution is 2.29. The summed E-state index contributed by atoms with van der Waals surface area (Å²) >= 11 is 6.18. The molecule has 0 aliphatic rings. The maximum Gasteiger partial charge on any atom is 0.248 e. The number of hydrogen-bond donors (Lipinski definition) is 1. The lowest BCUT2D eigenvalue weighted by Crippen LogP contribution is -2.07. The Hall–Kier alpha value is -3.31. The highest BCUT2D eigenvalue weighted by Gasteiger charge is 2.10. The molecule has 0 saturated heterocycles. The molecule has 0 spiro atoms. The van der Waals surface area contributed by atoms with Crippen LogP contribution in [0.4, 0.5) is 5.69 Å². The zero-order valence-electron chi connectivity index (χ0n) is 14.4. The highest BCUT2D eigenvalue weighted by molar-refractivity contribution is 6.31. The van der Waals surface area contributed by atoms with E-state index in [2.05, 4.69) is 10.3 Å². The Bertz CT molecular complexity index is 1140. The second-order valence-corrected chi connectivity index (χ2v) is 6.41. The number of halogens is 1. The van der Waals surface area contributed by atoms with Gasteiger partial charge in [-0.1, -0.05) is 17.7 Å². The second-order valence-electron chi connectivity index (χ2n) is 6.00. The number of oxazole rings is 1. The number of furan rings is 1. The van der Waals surface area contributed by atoms with Crippen molar-refractivity contribution in [3.05, 3.63) is 77.2 Å². The summed E-state index contributed by atoms with van der Waals surface area (Å²) in [6, 6.07) is 14.5. The zero-order chi connectivity index (χ0) is 18.8. The van der Waals surface area contributed by atoms with Gasteiger partial charge in [0.1, 0.15) is 11.3 Å². The smallest absolute Gasteiger partial charge is 0.248 e. The Morgan fingerprint density at radius 3 is 2.85 bits per heavy atom. The van der Waals surface area contributed by atoms with E-state index in [0.717, 1.165) is 11.1 Å². The van der Waals surface area contributed by atoms with E-state index in [1.165, 1.54) is 6.08 Å². The molecule has 0 radical (unpaired) electrons. The van der Waals surface area contributed by atoms with Gasteiger partial charge >= 0.3 is 0 Å². The number of anilines is 1. The normalized spacial score (nSPS) is 11.3. The third kappa shape index (κ3) is 3.78. The third-order valence-corrected chi connectivity index (χ3v) is 4.42. The lowest BCUT2D eigenvalue weighted by Gasteiger charge is -2.00. The van der Waals surface area contributed by atoms with Crippen LogP contribution in [-0.4, -0.2) is 10.9 Å². The summed E-state index contributed by atoms with van der Waals surface area (Å²) in [5, 5.41) is 3.45. The highest BCUT2D eigenvalue weighted by atomic mass is 35.5. The minimum absolute atomic E-state index is 0.264. The first-order valence-electron chi connectivity index (χ1n) is 8.28. The van der Waals surface area contributed by atoms with Crippen molar-refractivity contribution in [3.8, 4) is 11.5 Å². The van der Waals surface area contributed by atoms with Gasteiger partial charge in [0.05, 0.1) is 6.26 Å². The average molecular weight is 379 g/mol. The van der Waals surface area contributed by atoms with Crippen molar-refractivity contribution < 1.29 is 13.6 Å². The van der Waals surface area contributed by atoms with E-state index in [9.17, 15) is 4.79 Å². The standard InChI is InChI=1S/C21H15ClN2O3/c1-13-4-5-14(11-17(13)22)21-24-18-12-15(6-8-19(18)27-21)23-20(25)9-7-16-3-2-10-26-16/h2-12H,1H3,(H,23,25). The van der Waals surface area contributed by atoms with Gasteiger partial charge in [-0.05, 0) is 61.0 Å². The van der Waals surface area contributed by atoms with E-state index >= 15 is 0 Å². The number of nitrogens with one attached hydrogen (secondary N) is 1. The first-order valence-corrected chi connectivity index (χ1v) is 8.66. The maximum atomic E-state index is 12.0. The zero-order valence-corrected chi connectivity index (χ0v) is 15.2. The maximum absolute atomic E-state index is 12.0. The fraction of sp³-hybridized carbons (Fsp3) is 0.0476. The third-order valence-electron chi connectivity index (χ3n) is 4.02. The van der Waals surface area contributed by atoms with E-state index in [-0.39, 0.29) is 5.91 Å². The van der Waals surface area contributed by atoms with Crippen molar-refractivity contribution in [1.29, 1.82) is 0 Å². The lowest BCUT2D eigenvalue weighted by atomic mass is 10.1. The SMILES string of the molecule is Cc1ccc(-c2nc3cc(NC(=O)C=Cc4ccco4)ccc3o2)cc1Cl. The minimum Gasteiger partial charge on any atom is -0.465 e. The molecule has 0 aliphatic carbocycles. The molecule has 1 N–H and O–H groups in total. The quantitative estimate of drug-likeness (QED) is 0.462. The van der Waals surface area contributed by atoms with Crippen molar-refractivity contribution >= 4 is 40.4 Å². The Morgan fingerprint density at radius 2 is 2.07 bits per heavy atom. The van der Waals surface area contributed by atoms with Crippen LogP contribution < -0.4 is 5.32 Å². The molecule has 1 amide bonds. The molecule has 2 aromatic heterocycles. The van der Waals surface area contributed by atoms with Crippen molar-refractivity contribution in [2.45, 2.75) is 6.92 Å². The predicted octanol–water partition coefficient (Wildman–Crippen LogP) is 5.70. The van der Waals surface area contributed by atoms with E-state index in [1.54, 1.807) is 42.7 Å². The number of nitrogens with zero attached hydrogens (tertiary/aromatic N) is 1. The lowest BCUT2D eigenvalue weighted by molar-refractivity contribution is -0.111.